The monoisotopic (exact) mass is 498 g/mol. The Hall–Kier alpha value is -2.65. The molecule has 0 bridgehead atoms. The van der Waals surface area contributed by atoms with Crippen LogP contribution in [0.15, 0.2) is 34.9 Å². The van der Waals surface area contributed by atoms with Gasteiger partial charge >= 0.3 is 6.03 Å². The van der Waals surface area contributed by atoms with Crippen molar-refractivity contribution in [2.24, 2.45) is 0 Å². The molecule has 1 atom stereocenters. The van der Waals surface area contributed by atoms with E-state index in [1.165, 1.54) is 0 Å². The lowest BCUT2D eigenvalue weighted by molar-refractivity contribution is 0.0963. The van der Waals surface area contributed by atoms with Crippen LogP contribution < -0.4 is 15.5 Å². The van der Waals surface area contributed by atoms with Crippen LogP contribution in [0.5, 0.6) is 0 Å². The van der Waals surface area contributed by atoms with Crippen LogP contribution in [0.4, 0.5) is 16.2 Å². The molecule has 2 N–H and O–H groups in total. The van der Waals surface area contributed by atoms with E-state index >= 15 is 0 Å². The average molecular weight is 499 g/mol. The van der Waals surface area contributed by atoms with Crippen LogP contribution >= 0.6 is 15.9 Å². The second-order valence-corrected chi connectivity index (χ2v) is 9.42. The van der Waals surface area contributed by atoms with E-state index in [9.17, 15) is 9.59 Å². The van der Waals surface area contributed by atoms with Crippen LogP contribution in [0.2, 0.25) is 0 Å². The van der Waals surface area contributed by atoms with E-state index in [0.29, 0.717) is 5.56 Å². The van der Waals surface area contributed by atoms with Gasteiger partial charge in [-0.15, -0.1) is 0 Å². The number of aromatic nitrogens is 1. The first kappa shape index (κ1) is 21.2. The first-order valence-electron chi connectivity index (χ1n) is 11.1. The molecule has 3 aliphatic heterocycles. The van der Waals surface area contributed by atoms with E-state index in [1.54, 1.807) is 7.05 Å². The van der Waals surface area contributed by atoms with E-state index in [1.807, 2.05) is 29.3 Å². The van der Waals surface area contributed by atoms with Crippen LogP contribution in [0.1, 0.15) is 40.5 Å². The highest BCUT2D eigenvalue weighted by Gasteiger charge is 2.37. The minimum absolute atomic E-state index is 0.000535. The first-order chi connectivity index (χ1) is 15.5. The van der Waals surface area contributed by atoms with Crippen molar-refractivity contribution >= 4 is 39.2 Å². The Morgan fingerprint density at radius 1 is 1.22 bits per heavy atom. The van der Waals surface area contributed by atoms with Gasteiger partial charge in [0.25, 0.3) is 5.91 Å². The standard InChI is InChI=1S/C23H27BrN6O2/c1-25-22(31)16-4-5-19(17(24)12-16)29-9-7-28(8-10-29)14-15-11-18-21(26-13-15)20-3-2-6-30(20)23(32)27-18/h4-5,11-13,20H,2-3,6-10,14H2,1H3,(H,25,31)(H,27,32). The number of urea groups is 1. The van der Waals surface area contributed by atoms with Crippen LogP contribution in [0.3, 0.4) is 0 Å². The van der Waals surface area contributed by atoms with Gasteiger partial charge in [-0.2, -0.15) is 0 Å². The smallest absolute Gasteiger partial charge is 0.322 e. The fourth-order valence-corrected chi connectivity index (χ4v) is 5.54. The number of pyridine rings is 1. The van der Waals surface area contributed by atoms with Crippen molar-refractivity contribution in [2.75, 3.05) is 50.0 Å². The third kappa shape index (κ3) is 3.95. The molecule has 2 aromatic rings. The SMILES string of the molecule is CNC(=O)c1ccc(N2CCN(Cc3cnc4c(c3)NC(=O)N3CCCC43)CC2)c(Br)c1. The van der Waals surface area contributed by atoms with Crippen LogP contribution in [-0.2, 0) is 6.54 Å². The molecule has 168 valence electrons. The molecule has 1 aromatic carbocycles. The topological polar surface area (TPSA) is 80.8 Å². The molecule has 5 rings (SSSR count). The van der Waals surface area contributed by atoms with Crippen molar-refractivity contribution < 1.29 is 9.59 Å². The largest absolute Gasteiger partial charge is 0.368 e. The molecule has 32 heavy (non-hydrogen) atoms. The number of amides is 3. The lowest BCUT2D eigenvalue weighted by Gasteiger charge is -2.37. The van der Waals surface area contributed by atoms with Gasteiger partial charge in [0.15, 0.2) is 0 Å². The van der Waals surface area contributed by atoms with Gasteiger partial charge < -0.3 is 20.4 Å². The number of hydrogen-bond acceptors (Lipinski definition) is 5. The maximum Gasteiger partial charge on any atom is 0.322 e. The Kier molecular flexibility index (Phi) is 5.77. The number of carbonyl (C=O) groups is 2. The highest BCUT2D eigenvalue weighted by atomic mass is 79.9. The van der Waals surface area contributed by atoms with Gasteiger partial charge in [0.2, 0.25) is 0 Å². The fourth-order valence-electron chi connectivity index (χ4n) is 4.91. The van der Waals surface area contributed by atoms with E-state index in [4.69, 9.17) is 4.98 Å². The molecule has 9 heteroatoms. The van der Waals surface area contributed by atoms with Crippen LogP contribution in [-0.4, -0.2) is 66.5 Å². The minimum atomic E-state index is -0.0856. The predicted octanol–water partition coefficient (Wildman–Crippen LogP) is 3.21. The summed E-state index contributed by atoms with van der Waals surface area (Å²) in [5.74, 6) is -0.0856. The normalized spacial score (nSPS) is 20.6. The number of rotatable bonds is 4. The molecule has 8 nitrogen and oxygen atoms in total. The van der Waals surface area contributed by atoms with Crippen molar-refractivity contribution in [3.05, 3.63) is 51.8 Å². The Bertz CT molecular complexity index is 1050. The van der Waals surface area contributed by atoms with Crippen molar-refractivity contribution in [1.82, 2.24) is 20.1 Å². The number of fused-ring (bicyclic) bond motifs is 3. The van der Waals surface area contributed by atoms with Gasteiger partial charge in [0.05, 0.1) is 23.1 Å². The lowest BCUT2D eigenvalue weighted by Crippen LogP contribution is -2.46. The van der Waals surface area contributed by atoms with E-state index in [-0.39, 0.29) is 18.0 Å². The van der Waals surface area contributed by atoms with Crippen LogP contribution in [0, 0.1) is 0 Å². The summed E-state index contributed by atoms with van der Waals surface area (Å²) in [6.07, 6.45) is 4.00. The highest BCUT2D eigenvalue weighted by molar-refractivity contribution is 9.10. The van der Waals surface area contributed by atoms with E-state index < -0.39 is 0 Å². The summed E-state index contributed by atoms with van der Waals surface area (Å²) in [6, 6.07) is 7.97. The summed E-state index contributed by atoms with van der Waals surface area (Å²) < 4.78 is 0.933. The van der Waals surface area contributed by atoms with Crippen molar-refractivity contribution in [1.29, 1.82) is 0 Å². The highest BCUT2D eigenvalue weighted by Crippen LogP contribution is 2.39. The number of piperazine rings is 1. The number of carbonyl (C=O) groups excluding carboxylic acids is 2. The number of hydrogen-bond donors (Lipinski definition) is 2. The molecule has 0 saturated carbocycles. The summed E-state index contributed by atoms with van der Waals surface area (Å²) in [4.78, 5) is 35.6. The molecule has 3 amide bonds. The Morgan fingerprint density at radius 3 is 2.78 bits per heavy atom. The third-order valence-corrected chi connectivity index (χ3v) is 7.24. The number of anilines is 2. The molecule has 1 aromatic heterocycles. The molecule has 1 unspecified atom stereocenters. The Labute approximate surface area is 196 Å². The summed E-state index contributed by atoms with van der Waals surface area (Å²) >= 11 is 3.63. The van der Waals surface area contributed by atoms with Crippen LogP contribution in [0.25, 0.3) is 0 Å². The molecular formula is C23H27BrN6O2. The summed E-state index contributed by atoms with van der Waals surface area (Å²) in [5.41, 5.74) is 4.75. The molecule has 0 spiro atoms. The Balaban J connectivity index is 1.22. The Morgan fingerprint density at radius 2 is 2.03 bits per heavy atom. The predicted molar refractivity (Wildman–Crippen MR) is 127 cm³/mol. The lowest BCUT2D eigenvalue weighted by atomic mass is 10.1. The second kappa shape index (κ2) is 8.71. The molecule has 0 aliphatic carbocycles. The summed E-state index contributed by atoms with van der Waals surface area (Å²) in [7, 11) is 1.64. The number of nitrogens with one attached hydrogen (secondary N) is 2. The maximum absolute atomic E-state index is 12.4. The minimum Gasteiger partial charge on any atom is -0.368 e. The van der Waals surface area contributed by atoms with Gasteiger partial charge in [0.1, 0.15) is 0 Å². The quantitative estimate of drug-likeness (QED) is 0.676. The molecule has 3 aliphatic rings. The first-order valence-corrected chi connectivity index (χ1v) is 11.9. The number of benzene rings is 1. The molecule has 4 heterocycles. The molecule has 0 radical (unpaired) electrons. The van der Waals surface area contributed by atoms with Crippen molar-refractivity contribution in [2.45, 2.75) is 25.4 Å². The maximum atomic E-state index is 12.4. The molecule has 2 fully saturated rings. The van der Waals surface area contributed by atoms with E-state index in [0.717, 1.165) is 79.2 Å². The molecule has 2 saturated heterocycles. The van der Waals surface area contributed by atoms with Gasteiger partial charge in [-0.3, -0.25) is 14.7 Å². The van der Waals surface area contributed by atoms with Crippen molar-refractivity contribution in [3.63, 3.8) is 0 Å². The van der Waals surface area contributed by atoms with Gasteiger partial charge in [-0.1, -0.05) is 0 Å². The number of nitrogens with zero attached hydrogens (tertiary/aromatic N) is 4. The summed E-state index contributed by atoms with van der Waals surface area (Å²) in [6.45, 7) is 5.31. The van der Waals surface area contributed by atoms with E-state index in [2.05, 4.69) is 42.4 Å². The zero-order chi connectivity index (χ0) is 22.2. The zero-order valence-corrected chi connectivity index (χ0v) is 19.7. The van der Waals surface area contributed by atoms with Gasteiger partial charge in [-0.05, 0) is 58.6 Å². The second-order valence-electron chi connectivity index (χ2n) is 8.57. The third-order valence-electron chi connectivity index (χ3n) is 6.60. The summed E-state index contributed by atoms with van der Waals surface area (Å²) in [5, 5.41) is 5.68. The average Bonchev–Trinajstić information content (AvgIpc) is 3.30. The number of halogens is 1. The van der Waals surface area contributed by atoms with Gasteiger partial charge in [-0.25, -0.2) is 4.79 Å². The fraction of sp³-hybridized carbons (Fsp3) is 0.435. The zero-order valence-electron chi connectivity index (χ0n) is 18.1. The van der Waals surface area contributed by atoms with Crippen molar-refractivity contribution in [3.8, 4) is 0 Å². The molecular weight excluding hydrogens is 472 g/mol. The van der Waals surface area contributed by atoms with Gasteiger partial charge in [0, 0.05) is 62.5 Å².